The number of nitrogen functional groups attached to an aromatic ring is 1. The number of nitrogens with two attached hydrogens (primary N) is 1. The molecule has 0 radical (unpaired) electrons. The highest BCUT2D eigenvalue weighted by molar-refractivity contribution is 7.15. The van der Waals surface area contributed by atoms with E-state index in [-0.39, 0.29) is 17.9 Å². The first-order valence-electron chi connectivity index (χ1n) is 7.49. The number of benzene rings is 1. The summed E-state index contributed by atoms with van der Waals surface area (Å²) in [5, 5.41) is 7.05. The Labute approximate surface area is 142 Å². The fraction of sp³-hybridized carbons (Fsp3) is 0.235. The third-order valence-corrected chi connectivity index (χ3v) is 4.77. The molecule has 0 spiro atoms. The first kappa shape index (κ1) is 16.2. The second-order valence-electron chi connectivity index (χ2n) is 5.39. The lowest BCUT2D eigenvalue weighted by atomic mass is 10.1. The fourth-order valence-corrected chi connectivity index (χ4v) is 3.34. The van der Waals surface area contributed by atoms with Gasteiger partial charge in [0, 0.05) is 10.8 Å². The minimum absolute atomic E-state index is 0.0975. The molecule has 0 atom stereocenters. The van der Waals surface area contributed by atoms with Crippen LogP contribution in [0.4, 0.5) is 5.00 Å². The molecule has 0 saturated carbocycles. The van der Waals surface area contributed by atoms with E-state index in [1.807, 2.05) is 26.0 Å². The van der Waals surface area contributed by atoms with Crippen LogP contribution in [0.3, 0.4) is 0 Å². The number of ether oxygens (including phenoxy) is 1. The molecule has 0 amide bonds. The number of fused-ring (bicyclic) bond motifs is 1. The number of hydrogen-bond donors (Lipinski definition) is 1. The Kier molecular flexibility index (Phi) is 4.11. The van der Waals surface area contributed by atoms with Gasteiger partial charge in [0.2, 0.25) is 0 Å². The molecule has 0 unspecified atom stereocenters. The van der Waals surface area contributed by atoms with E-state index in [1.54, 1.807) is 18.4 Å². The standard InChI is InChI=1S/C17H17N3O3S/c1-4-23-17(22)14-11-8-24-15(18)13(11)16(21)20(19-14)12-7-5-6-9(2)10(12)3/h5-8H,4,18H2,1-3H3. The van der Waals surface area contributed by atoms with Crippen LogP contribution in [-0.2, 0) is 4.74 Å². The molecule has 0 bridgehead atoms. The van der Waals surface area contributed by atoms with Crippen molar-refractivity contribution in [2.24, 2.45) is 0 Å². The number of carbonyl (C=O) groups is 1. The van der Waals surface area contributed by atoms with Gasteiger partial charge < -0.3 is 10.5 Å². The van der Waals surface area contributed by atoms with Gasteiger partial charge in [0.1, 0.15) is 0 Å². The van der Waals surface area contributed by atoms with Crippen LogP contribution in [0.1, 0.15) is 28.5 Å². The van der Waals surface area contributed by atoms with Crippen molar-refractivity contribution in [3.63, 3.8) is 0 Å². The van der Waals surface area contributed by atoms with Gasteiger partial charge in [0.15, 0.2) is 5.69 Å². The minimum Gasteiger partial charge on any atom is -0.461 e. The van der Waals surface area contributed by atoms with E-state index in [9.17, 15) is 9.59 Å². The van der Waals surface area contributed by atoms with Crippen molar-refractivity contribution in [1.29, 1.82) is 0 Å². The summed E-state index contributed by atoms with van der Waals surface area (Å²) in [5.74, 6) is -0.570. The number of nitrogens with zero attached hydrogens (tertiary/aromatic N) is 2. The molecule has 3 aromatic rings. The van der Waals surface area contributed by atoms with Gasteiger partial charge in [0.25, 0.3) is 5.56 Å². The number of anilines is 1. The van der Waals surface area contributed by atoms with E-state index in [0.29, 0.717) is 21.5 Å². The van der Waals surface area contributed by atoms with Crippen molar-refractivity contribution in [3.8, 4) is 5.69 Å². The van der Waals surface area contributed by atoms with Crippen LogP contribution in [0.25, 0.3) is 16.5 Å². The SMILES string of the molecule is CCOC(=O)c1nn(-c2cccc(C)c2C)c(=O)c2c(N)scc12. The molecule has 1 aromatic carbocycles. The number of aryl methyl sites for hydroxylation is 1. The van der Waals surface area contributed by atoms with Crippen LogP contribution >= 0.6 is 11.3 Å². The largest absolute Gasteiger partial charge is 0.461 e. The number of carbonyl (C=O) groups excluding carboxylic acids is 1. The molecular formula is C17H17N3O3S. The lowest BCUT2D eigenvalue weighted by Crippen LogP contribution is -2.26. The summed E-state index contributed by atoms with van der Waals surface area (Å²) in [6.07, 6.45) is 0. The molecule has 2 heterocycles. The van der Waals surface area contributed by atoms with Gasteiger partial charge in [0.05, 0.1) is 22.7 Å². The molecular weight excluding hydrogens is 326 g/mol. The Hall–Kier alpha value is -2.67. The van der Waals surface area contributed by atoms with Crippen molar-refractivity contribution >= 4 is 33.1 Å². The summed E-state index contributed by atoms with van der Waals surface area (Å²) >= 11 is 1.21. The van der Waals surface area contributed by atoms with E-state index in [1.165, 1.54) is 16.0 Å². The maximum absolute atomic E-state index is 12.9. The topological polar surface area (TPSA) is 87.2 Å². The second-order valence-corrected chi connectivity index (χ2v) is 6.30. The first-order chi connectivity index (χ1) is 11.5. The highest BCUT2D eigenvalue weighted by atomic mass is 32.1. The molecule has 6 nitrogen and oxygen atoms in total. The molecule has 3 rings (SSSR count). The van der Waals surface area contributed by atoms with E-state index in [0.717, 1.165) is 11.1 Å². The Bertz CT molecular complexity index is 1000. The number of thiophene rings is 1. The molecule has 7 heteroatoms. The van der Waals surface area contributed by atoms with Crippen molar-refractivity contribution < 1.29 is 9.53 Å². The average molecular weight is 343 g/mol. The molecule has 0 aliphatic heterocycles. The molecule has 0 fully saturated rings. The Morgan fingerprint density at radius 1 is 1.38 bits per heavy atom. The van der Waals surface area contributed by atoms with Crippen LogP contribution in [0.5, 0.6) is 0 Å². The second kappa shape index (κ2) is 6.09. The zero-order chi connectivity index (χ0) is 17.4. The average Bonchev–Trinajstić information content (AvgIpc) is 2.94. The van der Waals surface area contributed by atoms with Crippen molar-refractivity contribution in [1.82, 2.24) is 9.78 Å². The molecule has 124 valence electrons. The van der Waals surface area contributed by atoms with Gasteiger partial charge >= 0.3 is 5.97 Å². The predicted octanol–water partition coefficient (Wildman–Crippen LogP) is 2.82. The van der Waals surface area contributed by atoms with Crippen molar-refractivity contribution in [3.05, 3.63) is 50.8 Å². The number of esters is 1. The van der Waals surface area contributed by atoms with E-state index in [2.05, 4.69) is 5.10 Å². The third kappa shape index (κ3) is 2.46. The van der Waals surface area contributed by atoms with E-state index >= 15 is 0 Å². The Balaban J connectivity index is 2.39. The van der Waals surface area contributed by atoms with Gasteiger partial charge in [-0.2, -0.15) is 9.78 Å². The molecule has 0 aliphatic rings. The van der Waals surface area contributed by atoms with Gasteiger partial charge in [-0.3, -0.25) is 4.79 Å². The highest BCUT2D eigenvalue weighted by Crippen LogP contribution is 2.28. The van der Waals surface area contributed by atoms with Crippen LogP contribution < -0.4 is 11.3 Å². The van der Waals surface area contributed by atoms with Crippen LogP contribution in [-0.4, -0.2) is 22.4 Å². The minimum atomic E-state index is -0.570. The summed E-state index contributed by atoms with van der Waals surface area (Å²) < 4.78 is 6.31. The third-order valence-electron chi connectivity index (χ3n) is 3.95. The van der Waals surface area contributed by atoms with Crippen molar-refractivity contribution in [2.45, 2.75) is 20.8 Å². The maximum atomic E-state index is 12.9. The number of aromatic nitrogens is 2. The summed E-state index contributed by atoms with van der Waals surface area (Å²) in [6.45, 7) is 5.81. The Morgan fingerprint density at radius 3 is 2.83 bits per heavy atom. The zero-order valence-electron chi connectivity index (χ0n) is 13.6. The van der Waals surface area contributed by atoms with Gasteiger partial charge in [-0.1, -0.05) is 12.1 Å². The van der Waals surface area contributed by atoms with Crippen molar-refractivity contribution in [2.75, 3.05) is 12.3 Å². The van der Waals surface area contributed by atoms with Gasteiger partial charge in [-0.15, -0.1) is 11.3 Å². The molecule has 0 aliphatic carbocycles. The van der Waals surface area contributed by atoms with Crippen LogP contribution in [0.2, 0.25) is 0 Å². The molecule has 24 heavy (non-hydrogen) atoms. The summed E-state index contributed by atoms with van der Waals surface area (Å²) in [6, 6.07) is 5.59. The summed E-state index contributed by atoms with van der Waals surface area (Å²) in [7, 11) is 0. The quantitative estimate of drug-likeness (QED) is 0.739. The normalized spacial score (nSPS) is 11.0. The summed E-state index contributed by atoms with van der Waals surface area (Å²) in [5.41, 5.74) is 8.28. The fourth-order valence-electron chi connectivity index (χ4n) is 2.55. The van der Waals surface area contributed by atoms with Crippen LogP contribution in [0, 0.1) is 13.8 Å². The molecule has 0 saturated heterocycles. The lowest BCUT2D eigenvalue weighted by Gasteiger charge is -2.12. The lowest BCUT2D eigenvalue weighted by molar-refractivity contribution is 0.0520. The maximum Gasteiger partial charge on any atom is 0.359 e. The monoisotopic (exact) mass is 343 g/mol. The summed E-state index contributed by atoms with van der Waals surface area (Å²) in [4.78, 5) is 25.2. The molecule has 2 aromatic heterocycles. The number of hydrogen-bond acceptors (Lipinski definition) is 6. The first-order valence-corrected chi connectivity index (χ1v) is 8.37. The zero-order valence-corrected chi connectivity index (χ0v) is 14.4. The predicted molar refractivity (Wildman–Crippen MR) is 95.1 cm³/mol. The Morgan fingerprint density at radius 2 is 2.12 bits per heavy atom. The molecule has 2 N–H and O–H groups in total. The van der Waals surface area contributed by atoms with E-state index < -0.39 is 5.97 Å². The van der Waals surface area contributed by atoms with Gasteiger partial charge in [-0.25, -0.2) is 4.79 Å². The van der Waals surface area contributed by atoms with Gasteiger partial charge in [-0.05, 0) is 38.0 Å². The van der Waals surface area contributed by atoms with Crippen LogP contribution in [0.15, 0.2) is 28.4 Å². The highest BCUT2D eigenvalue weighted by Gasteiger charge is 2.22. The number of rotatable bonds is 3. The smallest absolute Gasteiger partial charge is 0.359 e. The van der Waals surface area contributed by atoms with E-state index in [4.69, 9.17) is 10.5 Å².